The molecule has 0 fully saturated rings. The van der Waals surface area contributed by atoms with Gasteiger partial charge in [0.05, 0.1) is 6.10 Å². The average Bonchev–Trinajstić information content (AvgIpc) is 2.50. The molecule has 2 nitrogen and oxygen atoms in total. The predicted octanol–water partition coefficient (Wildman–Crippen LogP) is 4.25. The molecule has 0 spiro atoms. The Morgan fingerprint density at radius 3 is 2.32 bits per heavy atom. The highest BCUT2D eigenvalue weighted by atomic mass is 16.3. The minimum atomic E-state index is -0.450. The van der Waals surface area contributed by atoms with Crippen LogP contribution in [0.5, 0.6) is 0 Å². The largest absolute Gasteiger partial charge is 0.387 e. The van der Waals surface area contributed by atoms with E-state index >= 15 is 0 Å². The first kappa shape index (κ1) is 16.7. The molecule has 2 aromatic carbocycles. The fourth-order valence-electron chi connectivity index (χ4n) is 2.65. The summed E-state index contributed by atoms with van der Waals surface area (Å²) >= 11 is 0. The van der Waals surface area contributed by atoms with Gasteiger partial charge in [-0.15, -0.1) is 0 Å². The van der Waals surface area contributed by atoms with Crippen LogP contribution in [0.3, 0.4) is 0 Å². The van der Waals surface area contributed by atoms with Gasteiger partial charge >= 0.3 is 0 Å². The lowest BCUT2D eigenvalue weighted by atomic mass is 10.0. The first-order valence-corrected chi connectivity index (χ1v) is 8.00. The van der Waals surface area contributed by atoms with Crippen molar-refractivity contribution >= 4 is 0 Å². The molecular weight excluding hydrogens is 270 g/mol. The zero-order valence-corrected chi connectivity index (χ0v) is 14.1. The van der Waals surface area contributed by atoms with E-state index in [0.29, 0.717) is 12.6 Å². The van der Waals surface area contributed by atoms with Gasteiger partial charge in [-0.05, 0) is 44.4 Å². The van der Waals surface area contributed by atoms with Crippen LogP contribution in [0.25, 0.3) is 0 Å². The van der Waals surface area contributed by atoms with Crippen LogP contribution in [0, 0.1) is 13.8 Å². The Labute approximate surface area is 134 Å². The Morgan fingerprint density at radius 1 is 1.00 bits per heavy atom. The molecule has 118 valence electrons. The molecule has 22 heavy (non-hydrogen) atoms. The van der Waals surface area contributed by atoms with Crippen molar-refractivity contribution in [3.05, 3.63) is 70.8 Å². The summed E-state index contributed by atoms with van der Waals surface area (Å²) in [6.45, 7) is 10.2. The summed E-state index contributed by atoms with van der Waals surface area (Å²) in [6.07, 6.45) is -0.450. The highest BCUT2D eigenvalue weighted by molar-refractivity contribution is 5.30. The van der Waals surface area contributed by atoms with Crippen molar-refractivity contribution in [3.63, 3.8) is 0 Å². The second kappa shape index (κ2) is 7.57. The fourth-order valence-corrected chi connectivity index (χ4v) is 2.65. The minimum Gasteiger partial charge on any atom is -0.387 e. The van der Waals surface area contributed by atoms with Gasteiger partial charge in [-0.3, -0.25) is 4.90 Å². The van der Waals surface area contributed by atoms with Gasteiger partial charge in [0.25, 0.3) is 0 Å². The summed E-state index contributed by atoms with van der Waals surface area (Å²) in [5.41, 5.74) is 4.92. The van der Waals surface area contributed by atoms with Crippen LogP contribution in [0.4, 0.5) is 0 Å². The second-order valence-electron chi connectivity index (χ2n) is 6.38. The molecule has 0 bridgehead atoms. The number of rotatable bonds is 6. The summed E-state index contributed by atoms with van der Waals surface area (Å²) in [6, 6.07) is 16.9. The topological polar surface area (TPSA) is 23.5 Å². The third kappa shape index (κ3) is 4.43. The number of hydrogen-bond donors (Lipinski definition) is 1. The molecule has 0 aliphatic heterocycles. The molecule has 0 saturated heterocycles. The van der Waals surface area contributed by atoms with Gasteiger partial charge in [0.15, 0.2) is 0 Å². The highest BCUT2D eigenvalue weighted by Gasteiger charge is 2.17. The van der Waals surface area contributed by atoms with Gasteiger partial charge < -0.3 is 5.11 Å². The lowest BCUT2D eigenvalue weighted by Gasteiger charge is -2.29. The van der Waals surface area contributed by atoms with Gasteiger partial charge in [-0.25, -0.2) is 0 Å². The van der Waals surface area contributed by atoms with Crippen LogP contribution >= 0.6 is 0 Å². The maximum absolute atomic E-state index is 10.5. The fraction of sp³-hybridized carbons (Fsp3) is 0.400. The van der Waals surface area contributed by atoms with Crippen LogP contribution in [0.1, 0.15) is 42.2 Å². The molecule has 2 rings (SSSR count). The number of aryl methyl sites for hydroxylation is 2. The third-order valence-corrected chi connectivity index (χ3v) is 4.20. The molecular formula is C20H27NO. The average molecular weight is 297 g/mol. The van der Waals surface area contributed by atoms with Crippen molar-refractivity contribution in [3.8, 4) is 0 Å². The molecule has 1 unspecified atom stereocenters. The standard InChI is InChI=1S/C20H27NO/c1-15(2)21(13-19-12-16(3)10-11-17(19)4)14-20(22)18-8-6-5-7-9-18/h5-12,15,20,22H,13-14H2,1-4H3. The lowest BCUT2D eigenvalue weighted by molar-refractivity contribution is 0.0906. The van der Waals surface area contributed by atoms with Gasteiger partial charge in [-0.1, -0.05) is 54.1 Å². The zero-order chi connectivity index (χ0) is 16.1. The predicted molar refractivity (Wildman–Crippen MR) is 92.9 cm³/mol. The number of aliphatic hydroxyl groups excluding tert-OH is 1. The van der Waals surface area contributed by atoms with E-state index in [-0.39, 0.29) is 0 Å². The van der Waals surface area contributed by atoms with Crippen LogP contribution < -0.4 is 0 Å². The normalized spacial score (nSPS) is 12.9. The quantitative estimate of drug-likeness (QED) is 0.861. The van der Waals surface area contributed by atoms with Crippen LogP contribution in [0.15, 0.2) is 48.5 Å². The van der Waals surface area contributed by atoms with Gasteiger partial charge in [-0.2, -0.15) is 0 Å². The first-order chi connectivity index (χ1) is 10.5. The van der Waals surface area contributed by atoms with Gasteiger partial charge in [0.1, 0.15) is 0 Å². The number of hydrogen-bond acceptors (Lipinski definition) is 2. The van der Waals surface area contributed by atoms with Crippen molar-refractivity contribution in [2.75, 3.05) is 6.54 Å². The van der Waals surface area contributed by atoms with Gasteiger partial charge in [0.2, 0.25) is 0 Å². The summed E-state index contributed by atoms with van der Waals surface area (Å²) < 4.78 is 0. The highest BCUT2D eigenvalue weighted by Crippen LogP contribution is 2.19. The van der Waals surface area contributed by atoms with Crippen molar-refractivity contribution in [1.82, 2.24) is 4.90 Å². The number of aliphatic hydroxyl groups is 1. The zero-order valence-electron chi connectivity index (χ0n) is 14.1. The molecule has 0 amide bonds. The van der Waals surface area contributed by atoms with E-state index in [2.05, 4.69) is 50.8 Å². The van der Waals surface area contributed by atoms with Crippen molar-refractivity contribution in [1.29, 1.82) is 0 Å². The summed E-state index contributed by atoms with van der Waals surface area (Å²) in [5.74, 6) is 0. The van der Waals surface area contributed by atoms with Crippen LogP contribution in [-0.4, -0.2) is 22.6 Å². The third-order valence-electron chi connectivity index (χ3n) is 4.20. The monoisotopic (exact) mass is 297 g/mol. The maximum atomic E-state index is 10.5. The lowest BCUT2D eigenvalue weighted by Crippen LogP contribution is -2.34. The van der Waals surface area contributed by atoms with E-state index in [4.69, 9.17) is 0 Å². The Kier molecular flexibility index (Phi) is 5.76. The molecule has 0 saturated carbocycles. The van der Waals surface area contributed by atoms with E-state index in [1.807, 2.05) is 30.3 Å². The van der Waals surface area contributed by atoms with Crippen molar-refractivity contribution in [2.45, 2.75) is 46.4 Å². The molecule has 0 aliphatic carbocycles. The molecule has 0 aliphatic rings. The molecule has 2 heteroatoms. The Balaban J connectivity index is 2.12. The van der Waals surface area contributed by atoms with Crippen LogP contribution in [0.2, 0.25) is 0 Å². The van der Waals surface area contributed by atoms with E-state index in [1.54, 1.807) is 0 Å². The van der Waals surface area contributed by atoms with Gasteiger partial charge in [0, 0.05) is 19.1 Å². The molecule has 0 radical (unpaired) electrons. The second-order valence-corrected chi connectivity index (χ2v) is 6.38. The summed E-state index contributed by atoms with van der Waals surface area (Å²) in [4.78, 5) is 2.33. The van der Waals surface area contributed by atoms with Crippen LogP contribution in [-0.2, 0) is 6.54 Å². The van der Waals surface area contributed by atoms with Crippen molar-refractivity contribution < 1.29 is 5.11 Å². The first-order valence-electron chi connectivity index (χ1n) is 8.00. The Bertz CT molecular complexity index is 592. The van der Waals surface area contributed by atoms with E-state index < -0.39 is 6.10 Å². The van der Waals surface area contributed by atoms with E-state index in [0.717, 1.165) is 12.1 Å². The summed E-state index contributed by atoms with van der Waals surface area (Å²) in [5, 5.41) is 10.5. The SMILES string of the molecule is Cc1ccc(C)c(CN(CC(O)c2ccccc2)C(C)C)c1. The molecule has 2 aromatic rings. The number of nitrogens with zero attached hydrogens (tertiary/aromatic N) is 1. The van der Waals surface area contributed by atoms with Crippen molar-refractivity contribution in [2.24, 2.45) is 0 Å². The van der Waals surface area contributed by atoms with E-state index in [9.17, 15) is 5.11 Å². The number of benzene rings is 2. The molecule has 0 heterocycles. The minimum absolute atomic E-state index is 0.387. The summed E-state index contributed by atoms with van der Waals surface area (Å²) in [7, 11) is 0. The Morgan fingerprint density at radius 2 is 1.68 bits per heavy atom. The van der Waals surface area contributed by atoms with E-state index in [1.165, 1.54) is 16.7 Å². The Hall–Kier alpha value is -1.64. The molecule has 1 N–H and O–H groups in total. The smallest absolute Gasteiger partial charge is 0.0917 e. The maximum Gasteiger partial charge on any atom is 0.0917 e. The molecule has 1 atom stereocenters. The molecule has 0 aromatic heterocycles.